The number of likely N-dealkylation sites (tertiary alicyclic amines) is 1. The second kappa shape index (κ2) is 6.88. The maximum absolute atomic E-state index is 12.5. The average Bonchev–Trinajstić information content (AvgIpc) is 2.99. The molecule has 23 heavy (non-hydrogen) atoms. The molecule has 0 atom stereocenters. The average molecular weight is 341 g/mol. The number of hydrogen-bond donors (Lipinski definition) is 1. The highest BCUT2D eigenvalue weighted by atomic mass is 32.1. The molecule has 0 unspecified atom stereocenters. The maximum atomic E-state index is 12.5. The number of nitrogens with one attached hydrogen (secondary N) is 1. The molecule has 0 spiro atoms. The summed E-state index contributed by atoms with van der Waals surface area (Å²) in [4.78, 5) is 6.00. The second-order valence-corrected chi connectivity index (χ2v) is 6.57. The largest absolute Gasteiger partial charge is 0.434 e. The van der Waals surface area contributed by atoms with E-state index in [1.807, 2.05) is 18.2 Å². The summed E-state index contributed by atoms with van der Waals surface area (Å²) >= 11 is 1.02. The Morgan fingerprint density at radius 3 is 2.48 bits per heavy atom. The van der Waals surface area contributed by atoms with Crippen LogP contribution in [0.3, 0.4) is 0 Å². The molecule has 0 aliphatic carbocycles. The highest BCUT2D eigenvalue weighted by Gasteiger charge is 2.34. The highest BCUT2D eigenvalue weighted by Crippen LogP contribution is 2.32. The van der Waals surface area contributed by atoms with Crippen LogP contribution in [0.5, 0.6) is 0 Å². The molecular formula is C16H18F3N3S. The van der Waals surface area contributed by atoms with Crippen molar-refractivity contribution in [3.05, 3.63) is 47.0 Å². The van der Waals surface area contributed by atoms with Crippen LogP contribution in [-0.2, 0) is 12.7 Å². The molecule has 2 heterocycles. The van der Waals surface area contributed by atoms with Gasteiger partial charge in [-0.25, -0.2) is 4.98 Å². The Kier molecular flexibility index (Phi) is 4.87. The number of anilines is 1. The van der Waals surface area contributed by atoms with Gasteiger partial charge >= 0.3 is 6.18 Å². The van der Waals surface area contributed by atoms with Crippen LogP contribution in [0.15, 0.2) is 35.7 Å². The Balaban J connectivity index is 1.48. The van der Waals surface area contributed by atoms with Crippen LogP contribution in [0.1, 0.15) is 24.1 Å². The molecule has 0 bridgehead atoms. The van der Waals surface area contributed by atoms with Gasteiger partial charge in [0, 0.05) is 31.1 Å². The zero-order valence-corrected chi connectivity index (χ0v) is 13.3. The summed E-state index contributed by atoms with van der Waals surface area (Å²) < 4.78 is 37.6. The van der Waals surface area contributed by atoms with E-state index >= 15 is 0 Å². The lowest BCUT2D eigenvalue weighted by Gasteiger charge is -2.32. The fraction of sp³-hybridized carbons (Fsp3) is 0.438. The first-order chi connectivity index (χ1) is 11.0. The lowest BCUT2D eigenvalue weighted by Crippen LogP contribution is -2.38. The summed E-state index contributed by atoms with van der Waals surface area (Å²) in [5.74, 6) is 0. The van der Waals surface area contributed by atoms with Crippen LogP contribution in [0.2, 0.25) is 0 Å². The molecule has 1 aromatic heterocycles. The van der Waals surface area contributed by atoms with Crippen LogP contribution in [0.4, 0.5) is 18.3 Å². The maximum Gasteiger partial charge on any atom is 0.434 e. The lowest BCUT2D eigenvalue weighted by atomic mass is 10.0. The number of halogens is 3. The summed E-state index contributed by atoms with van der Waals surface area (Å²) in [6, 6.07) is 10.5. The smallest absolute Gasteiger partial charge is 0.359 e. The SMILES string of the molecule is FC(F)(F)c1csc(NC2CCN(Cc3ccccc3)CC2)n1. The van der Waals surface area contributed by atoms with E-state index in [-0.39, 0.29) is 6.04 Å². The molecule has 1 aliphatic heterocycles. The summed E-state index contributed by atoms with van der Waals surface area (Å²) in [5.41, 5.74) is 0.472. The third kappa shape index (κ3) is 4.45. The van der Waals surface area contributed by atoms with Crippen LogP contribution < -0.4 is 5.32 Å². The first-order valence-electron chi connectivity index (χ1n) is 7.56. The van der Waals surface area contributed by atoms with E-state index < -0.39 is 11.9 Å². The predicted octanol–water partition coefficient (Wildman–Crippen LogP) is 4.24. The van der Waals surface area contributed by atoms with Gasteiger partial charge < -0.3 is 5.32 Å². The van der Waals surface area contributed by atoms with Crippen molar-refractivity contribution in [3.63, 3.8) is 0 Å². The van der Waals surface area contributed by atoms with Crippen LogP contribution in [0, 0.1) is 0 Å². The Bertz CT molecular complexity index is 619. The van der Waals surface area contributed by atoms with E-state index in [9.17, 15) is 13.2 Å². The second-order valence-electron chi connectivity index (χ2n) is 5.72. The van der Waals surface area contributed by atoms with Crippen molar-refractivity contribution in [1.82, 2.24) is 9.88 Å². The van der Waals surface area contributed by atoms with Gasteiger partial charge in [-0.05, 0) is 18.4 Å². The normalized spacial score (nSPS) is 17.3. The monoisotopic (exact) mass is 341 g/mol. The Labute approximate surface area is 137 Å². The van der Waals surface area contributed by atoms with Gasteiger partial charge in [0.15, 0.2) is 10.8 Å². The number of aromatic nitrogens is 1. The predicted molar refractivity (Wildman–Crippen MR) is 85.5 cm³/mol. The van der Waals surface area contributed by atoms with Gasteiger partial charge in [0.05, 0.1) is 0 Å². The highest BCUT2D eigenvalue weighted by molar-refractivity contribution is 7.13. The third-order valence-electron chi connectivity index (χ3n) is 3.96. The standard InChI is InChI=1S/C16H18F3N3S/c17-16(18,19)14-11-23-15(21-14)20-13-6-8-22(9-7-13)10-12-4-2-1-3-5-12/h1-5,11,13H,6-10H2,(H,20,21). The van der Waals surface area contributed by atoms with Crippen molar-refractivity contribution < 1.29 is 13.2 Å². The topological polar surface area (TPSA) is 28.2 Å². The van der Waals surface area contributed by atoms with E-state index in [1.165, 1.54) is 5.56 Å². The molecule has 3 rings (SSSR count). The zero-order chi connectivity index (χ0) is 16.3. The van der Waals surface area contributed by atoms with Gasteiger partial charge in [0.2, 0.25) is 0 Å². The fourth-order valence-corrected chi connectivity index (χ4v) is 3.52. The van der Waals surface area contributed by atoms with Crippen molar-refractivity contribution in [1.29, 1.82) is 0 Å². The van der Waals surface area contributed by atoms with E-state index in [1.54, 1.807) is 0 Å². The van der Waals surface area contributed by atoms with Crippen molar-refractivity contribution in [2.24, 2.45) is 0 Å². The number of thiazole rings is 1. The molecule has 1 aromatic carbocycles. The summed E-state index contributed by atoms with van der Waals surface area (Å²) in [5, 5.41) is 4.56. The summed E-state index contributed by atoms with van der Waals surface area (Å²) in [7, 11) is 0. The number of piperidine rings is 1. The number of alkyl halides is 3. The van der Waals surface area contributed by atoms with Crippen molar-refractivity contribution in [3.8, 4) is 0 Å². The minimum atomic E-state index is -4.37. The Morgan fingerprint density at radius 2 is 1.87 bits per heavy atom. The molecule has 0 radical (unpaired) electrons. The van der Waals surface area contributed by atoms with Gasteiger partial charge in [-0.3, -0.25) is 4.90 Å². The lowest BCUT2D eigenvalue weighted by molar-refractivity contribution is -0.140. The molecule has 7 heteroatoms. The van der Waals surface area contributed by atoms with Gasteiger partial charge in [0.25, 0.3) is 0 Å². The summed E-state index contributed by atoms with van der Waals surface area (Å²) in [6.45, 7) is 2.79. The minimum absolute atomic E-state index is 0.189. The first-order valence-corrected chi connectivity index (χ1v) is 8.44. The number of rotatable bonds is 4. The Hall–Kier alpha value is -1.60. The molecule has 0 saturated carbocycles. The van der Waals surface area contributed by atoms with Gasteiger partial charge in [-0.15, -0.1) is 11.3 Å². The Morgan fingerprint density at radius 1 is 1.17 bits per heavy atom. The van der Waals surface area contributed by atoms with E-state index in [0.29, 0.717) is 5.13 Å². The van der Waals surface area contributed by atoms with Crippen molar-refractivity contribution in [2.45, 2.75) is 31.6 Å². The van der Waals surface area contributed by atoms with Gasteiger partial charge in [0.1, 0.15) is 0 Å². The van der Waals surface area contributed by atoms with Crippen LogP contribution in [-0.4, -0.2) is 29.0 Å². The third-order valence-corrected chi connectivity index (χ3v) is 4.73. The molecule has 1 saturated heterocycles. The van der Waals surface area contributed by atoms with E-state index in [0.717, 1.165) is 49.2 Å². The molecule has 1 N–H and O–H groups in total. The van der Waals surface area contributed by atoms with Crippen molar-refractivity contribution >= 4 is 16.5 Å². The first kappa shape index (κ1) is 16.3. The molecule has 3 nitrogen and oxygen atoms in total. The molecular weight excluding hydrogens is 323 g/mol. The van der Waals surface area contributed by atoms with Gasteiger partial charge in [-0.2, -0.15) is 13.2 Å². The fourth-order valence-electron chi connectivity index (χ4n) is 2.72. The van der Waals surface area contributed by atoms with Crippen LogP contribution in [0.25, 0.3) is 0 Å². The van der Waals surface area contributed by atoms with Crippen molar-refractivity contribution in [2.75, 3.05) is 18.4 Å². The van der Waals surface area contributed by atoms with Gasteiger partial charge in [-0.1, -0.05) is 30.3 Å². The number of hydrogen-bond acceptors (Lipinski definition) is 4. The molecule has 0 amide bonds. The zero-order valence-electron chi connectivity index (χ0n) is 12.5. The molecule has 2 aromatic rings. The van der Waals surface area contributed by atoms with E-state index in [2.05, 4.69) is 27.3 Å². The number of nitrogens with zero attached hydrogens (tertiary/aromatic N) is 2. The van der Waals surface area contributed by atoms with Crippen LogP contribution >= 0.6 is 11.3 Å². The molecule has 1 fully saturated rings. The van der Waals surface area contributed by atoms with E-state index in [4.69, 9.17) is 0 Å². The quantitative estimate of drug-likeness (QED) is 0.902. The number of benzene rings is 1. The summed E-state index contributed by atoms with van der Waals surface area (Å²) in [6.07, 6.45) is -2.54. The molecule has 124 valence electrons. The molecule has 1 aliphatic rings. The minimum Gasteiger partial charge on any atom is -0.359 e.